The maximum absolute atomic E-state index is 10.6. The first-order valence-electron chi connectivity index (χ1n) is 9.61. The molecule has 0 amide bonds. The molecule has 2 aromatic carbocycles. The molecule has 0 aliphatic rings. The highest BCUT2D eigenvalue weighted by Gasteiger charge is 2.16. The van der Waals surface area contributed by atoms with Gasteiger partial charge in [-0.25, -0.2) is 0 Å². The van der Waals surface area contributed by atoms with Crippen molar-refractivity contribution < 1.29 is 9.52 Å². The van der Waals surface area contributed by atoms with Gasteiger partial charge < -0.3 is 9.52 Å². The minimum Gasteiger partial charge on any atom is -0.461 e. The standard InChI is InChI=1S/C25H28O2/c1-4-5-6-7-22-16-23(17-24(26)20-12-8-18(2)9-13-20)27-25(22)21-14-10-19(3)11-15-21/h4,8-16,24,26H,1,5-7,17H2,2-3H3. The SMILES string of the molecule is C=CCCCc1cc(CC(O)c2ccc(C)cc2)oc1-c1ccc(C)cc1. The number of aryl methyl sites for hydroxylation is 3. The van der Waals surface area contributed by atoms with Gasteiger partial charge in [-0.2, -0.15) is 0 Å². The van der Waals surface area contributed by atoms with Gasteiger partial charge in [0, 0.05) is 12.0 Å². The van der Waals surface area contributed by atoms with E-state index >= 15 is 0 Å². The summed E-state index contributed by atoms with van der Waals surface area (Å²) in [7, 11) is 0. The number of unbranched alkanes of at least 4 members (excludes halogenated alkanes) is 1. The average molecular weight is 360 g/mol. The molecule has 0 aliphatic heterocycles. The number of hydrogen-bond acceptors (Lipinski definition) is 2. The van der Waals surface area contributed by atoms with Gasteiger partial charge >= 0.3 is 0 Å². The fourth-order valence-electron chi connectivity index (χ4n) is 3.26. The summed E-state index contributed by atoms with van der Waals surface area (Å²) in [5.74, 6) is 1.75. The van der Waals surface area contributed by atoms with E-state index in [2.05, 4.69) is 43.8 Å². The Morgan fingerprint density at radius 2 is 1.63 bits per heavy atom. The molecular weight excluding hydrogens is 332 g/mol. The van der Waals surface area contributed by atoms with E-state index in [0.717, 1.165) is 41.9 Å². The van der Waals surface area contributed by atoms with Gasteiger partial charge in [0.05, 0.1) is 6.10 Å². The van der Waals surface area contributed by atoms with Crippen molar-refractivity contribution in [3.63, 3.8) is 0 Å². The second kappa shape index (κ2) is 8.88. The number of rotatable bonds is 8. The summed E-state index contributed by atoms with van der Waals surface area (Å²) >= 11 is 0. The predicted octanol–water partition coefficient (Wildman–Crippen LogP) is 6.35. The summed E-state index contributed by atoms with van der Waals surface area (Å²) in [5.41, 5.74) is 5.63. The lowest BCUT2D eigenvalue weighted by Gasteiger charge is -2.09. The molecule has 3 rings (SSSR count). The van der Waals surface area contributed by atoms with Crippen LogP contribution in [0, 0.1) is 13.8 Å². The second-order valence-corrected chi connectivity index (χ2v) is 7.24. The van der Waals surface area contributed by atoms with Crippen LogP contribution in [-0.4, -0.2) is 5.11 Å². The lowest BCUT2D eigenvalue weighted by Crippen LogP contribution is -2.00. The van der Waals surface area contributed by atoms with Crippen LogP contribution in [0.15, 0.2) is 71.7 Å². The zero-order valence-electron chi connectivity index (χ0n) is 16.2. The maximum atomic E-state index is 10.6. The Kier molecular flexibility index (Phi) is 6.31. The molecule has 3 aromatic rings. The number of benzene rings is 2. The molecule has 0 radical (unpaired) electrons. The first-order chi connectivity index (χ1) is 13.1. The number of allylic oxidation sites excluding steroid dienone is 1. The van der Waals surface area contributed by atoms with Crippen LogP contribution in [0.5, 0.6) is 0 Å². The number of hydrogen-bond donors (Lipinski definition) is 1. The number of furan rings is 1. The fraction of sp³-hybridized carbons (Fsp3) is 0.280. The molecule has 0 spiro atoms. The quantitative estimate of drug-likeness (QED) is 0.375. The summed E-state index contributed by atoms with van der Waals surface area (Å²) in [6, 6.07) is 18.5. The third kappa shape index (κ3) is 4.99. The minimum absolute atomic E-state index is 0.476. The first-order valence-corrected chi connectivity index (χ1v) is 9.61. The van der Waals surface area contributed by atoms with Crippen LogP contribution in [0.3, 0.4) is 0 Å². The molecule has 0 bridgehead atoms. The van der Waals surface area contributed by atoms with Crippen molar-refractivity contribution in [3.05, 3.63) is 95.3 Å². The Hall–Kier alpha value is -2.58. The largest absolute Gasteiger partial charge is 0.461 e. The van der Waals surface area contributed by atoms with Crippen molar-refractivity contribution in [2.75, 3.05) is 0 Å². The van der Waals surface area contributed by atoms with E-state index in [4.69, 9.17) is 4.42 Å². The van der Waals surface area contributed by atoms with Crippen LogP contribution in [0.4, 0.5) is 0 Å². The Labute approximate surface area is 162 Å². The van der Waals surface area contributed by atoms with E-state index in [1.807, 2.05) is 37.3 Å². The van der Waals surface area contributed by atoms with Crippen LogP contribution < -0.4 is 0 Å². The third-order valence-corrected chi connectivity index (χ3v) is 4.88. The Morgan fingerprint density at radius 1 is 1.00 bits per heavy atom. The highest BCUT2D eigenvalue weighted by atomic mass is 16.3. The molecule has 140 valence electrons. The summed E-state index contributed by atoms with van der Waals surface area (Å²) in [5, 5.41) is 10.6. The zero-order chi connectivity index (χ0) is 19.2. The summed E-state index contributed by atoms with van der Waals surface area (Å²) in [6.45, 7) is 7.94. The molecule has 0 saturated heterocycles. The molecule has 1 atom stereocenters. The Morgan fingerprint density at radius 3 is 2.26 bits per heavy atom. The molecule has 1 N–H and O–H groups in total. The molecule has 0 saturated carbocycles. The Balaban J connectivity index is 1.84. The molecule has 1 aromatic heterocycles. The van der Waals surface area contributed by atoms with E-state index < -0.39 is 6.10 Å². The molecule has 27 heavy (non-hydrogen) atoms. The van der Waals surface area contributed by atoms with Gasteiger partial charge in [0.2, 0.25) is 0 Å². The third-order valence-electron chi connectivity index (χ3n) is 4.88. The van der Waals surface area contributed by atoms with E-state index in [1.165, 1.54) is 16.7 Å². The fourth-order valence-corrected chi connectivity index (χ4v) is 3.26. The molecule has 1 unspecified atom stereocenters. The van der Waals surface area contributed by atoms with Crippen LogP contribution >= 0.6 is 0 Å². The molecule has 2 heteroatoms. The molecule has 0 aliphatic carbocycles. The first kappa shape index (κ1) is 19.2. The number of aliphatic hydroxyl groups is 1. The predicted molar refractivity (Wildman–Crippen MR) is 112 cm³/mol. The Bertz CT molecular complexity index is 870. The summed E-state index contributed by atoms with van der Waals surface area (Å²) in [6.07, 6.45) is 4.83. The number of aliphatic hydroxyl groups excluding tert-OH is 1. The lowest BCUT2D eigenvalue weighted by molar-refractivity contribution is 0.171. The van der Waals surface area contributed by atoms with E-state index in [1.54, 1.807) is 0 Å². The monoisotopic (exact) mass is 360 g/mol. The van der Waals surface area contributed by atoms with Crippen molar-refractivity contribution in [1.29, 1.82) is 0 Å². The van der Waals surface area contributed by atoms with Crippen molar-refractivity contribution in [1.82, 2.24) is 0 Å². The maximum Gasteiger partial charge on any atom is 0.137 e. The van der Waals surface area contributed by atoms with Gasteiger partial charge in [-0.3, -0.25) is 0 Å². The van der Waals surface area contributed by atoms with E-state index in [-0.39, 0.29) is 0 Å². The lowest BCUT2D eigenvalue weighted by atomic mass is 10.0. The van der Waals surface area contributed by atoms with Gasteiger partial charge in [-0.1, -0.05) is 65.7 Å². The van der Waals surface area contributed by atoms with Crippen molar-refractivity contribution in [3.8, 4) is 11.3 Å². The molecule has 2 nitrogen and oxygen atoms in total. The summed E-state index contributed by atoms with van der Waals surface area (Å²) in [4.78, 5) is 0. The summed E-state index contributed by atoms with van der Waals surface area (Å²) < 4.78 is 6.20. The highest BCUT2D eigenvalue weighted by Crippen LogP contribution is 2.31. The second-order valence-electron chi connectivity index (χ2n) is 7.24. The van der Waals surface area contributed by atoms with Crippen molar-refractivity contribution >= 4 is 0 Å². The van der Waals surface area contributed by atoms with Gasteiger partial charge in [0.1, 0.15) is 11.5 Å². The van der Waals surface area contributed by atoms with Gasteiger partial charge in [-0.15, -0.1) is 6.58 Å². The molecule has 0 fully saturated rings. The van der Waals surface area contributed by atoms with Gasteiger partial charge in [0.15, 0.2) is 0 Å². The van der Waals surface area contributed by atoms with Crippen LogP contribution in [0.25, 0.3) is 11.3 Å². The molecular formula is C25H28O2. The van der Waals surface area contributed by atoms with Gasteiger partial charge in [-0.05, 0) is 50.3 Å². The van der Waals surface area contributed by atoms with Crippen LogP contribution in [0.1, 0.15) is 47.0 Å². The van der Waals surface area contributed by atoms with Crippen molar-refractivity contribution in [2.45, 2.75) is 45.6 Å². The van der Waals surface area contributed by atoms with E-state index in [9.17, 15) is 5.11 Å². The van der Waals surface area contributed by atoms with Gasteiger partial charge in [0.25, 0.3) is 0 Å². The average Bonchev–Trinajstić information content (AvgIpc) is 3.05. The topological polar surface area (TPSA) is 33.4 Å². The van der Waals surface area contributed by atoms with E-state index in [0.29, 0.717) is 6.42 Å². The van der Waals surface area contributed by atoms with Crippen LogP contribution in [0.2, 0.25) is 0 Å². The van der Waals surface area contributed by atoms with Crippen molar-refractivity contribution in [2.24, 2.45) is 0 Å². The smallest absolute Gasteiger partial charge is 0.137 e. The molecule has 1 heterocycles. The zero-order valence-corrected chi connectivity index (χ0v) is 16.2. The normalized spacial score (nSPS) is 12.1. The minimum atomic E-state index is -0.566. The van der Waals surface area contributed by atoms with Crippen LogP contribution in [-0.2, 0) is 12.8 Å². The highest BCUT2D eigenvalue weighted by molar-refractivity contribution is 5.62.